The van der Waals surface area contributed by atoms with Gasteiger partial charge >= 0.3 is 5.97 Å². The number of ether oxygens (including phenoxy) is 1. The third-order valence-corrected chi connectivity index (χ3v) is 3.78. The van der Waals surface area contributed by atoms with E-state index in [4.69, 9.17) is 4.74 Å². The Kier molecular flexibility index (Phi) is 3.75. The lowest BCUT2D eigenvalue weighted by Gasteiger charge is -2.08. The predicted molar refractivity (Wildman–Crippen MR) is 84.3 cm³/mol. The van der Waals surface area contributed by atoms with Crippen molar-refractivity contribution in [1.82, 2.24) is 9.55 Å². The van der Waals surface area contributed by atoms with Crippen LogP contribution in [0.3, 0.4) is 0 Å². The predicted octanol–water partition coefficient (Wildman–Crippen LogP) is 3.63. The molecule has 0 amide bonds. The Morgan fingerprint density at radius 2 is 2.14 bits per heavy atom. The van der Waals surface area contributed by atoms with Crippen LogP contribution in [-0.4, -0.2) is 22.6 Å². The maximum atomic E-state index is 11.9. The van der Waals surface area contributed by atoms with E-state index in [1.54, 1.807) is 12.3 Å². The summed E-state index contributed by atoms with van der Waals surface area (Å²) in [5.41, 5.74) is 2.36. The monoisotopic (exact) mass is 344 g/mol. The van der Waals surface area contributed by atoms with E-state index in [0.29, 0.717) is 12.1 Å². The highest BCUT2D eigenvalue weighted by atomic mass is 79.9. The maximum absolute atomic E-state index is 11.9. The standard InChI is InChI=1S/C16H13BrN2O2/c1-21-16(20)14-4-2-3-11-7-8-19(15(11)14)10-13-6-5-12(17)9-18-13/h2-9H,10H2,1H3. The van der Waals surface area contributed by atoms with Crippen LogP contribution >= 0.6 is 15.9 Å². The zero-order chi connectivity index (χ0) is 14.8. The van der Waals surface area contributed by atoms with Crippen molar-refractivity contribution >= 4 is 32.8 Å². The molecule has 3 aromatic rings. The summed E-state index contributed by atoms with van der Waals surface area (Å²) in [6.07, 6.45) is 3.73. The molecular weight excluding hydrogens is 332 g/mol. The first-order chi connectivity index (χ1) is 10.2. The van der Waals surface area contributed by atoms with Crippen LogP contribution in [0.4, 0.5) is 0 Å². The van der Waals surface area contributed by atoms with Gasteiger partial charge in [0.1, 0.15) is 0 Å². The Labute approximate surface area is 130 Å². The van der Waals surface area contributed by atoms with Gasteiger partial charge in [-0.3, -0.25) is 4.98 Å². The highest BCUT2D eigenvalue weighted by Gasteiger charge is 2.13. The third-order valence-electron chi connectivity index (χ3n) is 3.31. The highest BCUT2D eigenvalue weighted by Crippen LogP contribution is 2.22. The first-order valence-corrected chi connectivity index (χ1v) is 7.25. The molecule has 0 fully saturated rings. The van der Waals surface area contributed by atoms with E-state index in [0.717, 1.165) is 21.1 Å². The number of methoxy groups -OCH3 is 1. The van der Waals surface area contributed by atoms with Gasteiger partial charge in [-0.05, 0) is 40.2 Å². The molecule has 0 saturated heterocycles. The molecule has 0 aliphatic heterocycles. The molecule has 2 heterocycles. The quantitative estimate of drug-likeness (QED) is 0.681. The summed E-state index contributed by atoms with van der Waals surface area (Å²) in [7, 11) is 1.39. The van der Waals surface area contributed by atoms with Crippen molar-refractivity contribution in [3.63, 3.8) is 0 Å². The van der Waals surface area contributed by atoms with E-state index in [9.17, 15) is 4.79 Å². The Morgan fingerprint density at radius 3 is 2.86 bits per heavy atom. The van der Waals surface area contributed by atoms with E-state index in [-0.39, 0.29) is 5.97 Å². The van der Waals surface area contributed by atoms with E-state index < -0.39 is 0 Å². The van der Waals surface area contributed by atoms with Crippen molar-refractivity contribution in [1.29, 1.82) is 0 Å². The smallest absolute Gasteiger partial charge is 0.340 e. The van der Waals surface area contributed by atoms with Crippen LogP contribution in [0, 0.1) is 0 Å². The van der Waals surface area contributed by atoms with Gasteiger partial charge in [0.2, 0.25) is 0 Å². The second kappa shape index (κ2) is 5.69. The van der Waals surface area contributed by atoms with Crippen molar-refractivity contribution in [2.45, 2.75) is 6.54 Å². The summed E-state index contributed by atoms with van der Waals surface area (Å²) in [4.78, 5) is 16.3. The van der Waals surface area contributed by atoms with E-state index in [1.165, 1.54) is 7.11 Å². The minimum absolute atomic E-state index is 0.329. The van der Waals surface area contributed by atoms with Gasteiger partial charge in [-0.15, -0.1) is 0 Å². The number of pyridine rings is 1. The molecule has 0 saturated carbocycles. The normalized spacial score (nSPS) is 10.8. The summed E-state index contributed by atoms with van der Waals surface area (Å²) in [5, 5.41) is 1.01. The molecule has 4 nitrogen and oxygen atoms in total. The lowest BCUT2D eigenvalue weighted by molar-refractivity contribution is 0.0602. The number of carbonyl (C=O) groups excluding carboxylic acids is 1. The topological polar surface area (TPSA) is 44.1 Å². The highest BCUT2D eigenvalue weighted by molar-refractivity contribution is 9.10. The fourth-order valence-corrected chi connectivity index (χ4v) is 2.58. The molecule has 3 rings (SSSR count). The Hall–Kier alpha value is -2.14. The largest absolute Gasteiger partial charge is 0.465 e. The van der Waals surface area contributed by atoms with E-state index in [1.807, 2.05) is 41.1 Å². The van der Waals surface area contributed by atoms with Gasteiger partial charge in [0, 0.05) is 22.3 Å². The van der Waals surface area contributed by atoms with Crippen LogP contribution in [0.25, 0.3) is 10.9 Å². The molecule has 0 aliphatic rings. The third kappa shape index (κ3) is 2.69. The molecule has 106 valence electrons. The average Bonchev–Trinajstić information content (AvgIpc) is 2.92. The molecular formula is C16H13BrN2O2. The lowest BCUT2D eigenvalue weighted by Crippen LogP contribution is -2.07. The molecule has 0 unspecified atom stereocenters. The van der Waals surface area contributed by atoms with E-state index in [2.05, 4.69) is 20.9 Å². The summed E-state index contributed by atoms with van der Waals surface area (Å²) >= 11 is 3.37. The summed E-state index contributed by atoms with van der Waals surface area (Å²) in [6.45, 7) is 0.602. The zero-order valence-corrected chi connectivity index (χ0v) is 13.0. The van der Waals surface area contributed by atoms with Gasteiger partial charge in [0.05, 0.1) is 30.4 Å². The first kappa shape index (κ1) is 13.8. The summed E-state index contributed by atoms with van der Waals surface area (Å²) in [6, 6.07) is 11.5. The van der Waals surface area contributed by atoms with Crippen molar-refractivity contribution < 1.29 is 9.53 Å². The number of halogens is 1. The second-order valence-corrected chi connectivity index (χ2v) is 5.56. The Bertz CT molecular complexity index is 794. The van der Waals surface area contributed by atoms with Crippen molar-refractivity contribution in [2.75, 3.05) is 7.11 Å². The van der Waals surface area contributed by atoms with Gasteiger partial charge in [-0.2, -0.15) is 0 Å². The van der Waals surface area contributed by atoms with Crippen LogP contribution in [0.1, 0.15) is 16.1 Å². The molecule has 1 aromatic carbocycles. The van der Waals surface area contributed by atoms with E-state index >= 15 is 0 Å². The molecule has 21 heavy (non-hydrogen) atoms. The minimum Gasteiger partial charge on any atom is -0.465 e. The number of carbonyl (C=O) groups is 1. The molecule has 0 bridgehead atoms. The van der Waals surface area contributed by atoms with Crippen LogP contribution in [0.5, 0.6) is 0 Å². The van der Waals surface area contributed by atoms with Crippen LogP contribution in [-0.2, 0) is 11.3 Å². The molecule has 2 aromatic heterocycles. The Morgan fingerprint density at radius 1 is 1.29 bits per heavy atom. The van der Waals surface area contributed by atoms with Crippen molar-refractivity contribution in [2.24, 2.45) is 0 Å². The van der Waals surface area contributed by atoms with Gasteiger partial charge in [-0.25, -0.2) is 4.79 Å². The minimum atomic E-state index is -0.329. The number of benzene rings is 1. The fraction of sp³-hybridized carbons (Fsp3) is 0.125. The molecule has 0 N–H and O–H groups in total. The van der Waals surface area contributed by atoms with Gasteiger partial charge in [0.25, 0.3) is 0 Å². The molecule has 5 heteroatoms. The molecule has 0 aliphatic carbocycles. The van der Waals surface area contributed by atoms with Gasteiger partial charge in [-0.1, -0.05) is 12.1 Å². The summed E-state index contributed by atoms with van der Waals surface area (Å²) in [5.74, 6) is -0.329. The number of esters is 1. The number of hydrogen-bond donors (Lipinski definition) is 0. The molecule has 0 spiro atoms. The van der Waals surface area contributed by atoms with Crippen molar-refractivity contribution in [3.8, 4) is 0 Å². The van der Waals surface area contributed by atoms with Crippen molar-refractivity contribution in [3.05, 3.63) is 64.5 Å². The molecule has 0 radical (unpaired) electrons. The van der Waals surface area contributed by atoms with Crippen LogP contribution in [0.15, 0.2) is 53.3 Å². The number of aromatic nitrogens is 2. The average molecular weight is 345 g/mol. The summed E-state index contributed by atoms with van der Waals surface area (Å²) < 4.78 is 7.82. The molecule has 0 atom stereocenters. The lowest BCUT2D eigenvalue weighted by atomic mass is 10.1. The van der Waals surface area contributed by atoms with Crippen LogP contribution < -0.4 is 0 Å². The number of para-hydroxylation sites is 1. The van der Waals surface area contributed by atoms with Gasteiger partial charge < -0.3 is 9.30 Å². The Balaban J connectivity index is 2.06. The number of fused-ring (bicyclic) bond motifs is 1. The maximum Gasteiger partial charge on any atom is 0.340 e. The number of hydrogen-bond acceptors (Lipinski definition) is 3. The number of rotatable bonds is 3. The first-order valence-electron chi connectivity index (χ1n) is 6.45. The van der Waals surface area contributed by atoms with Gasteiger partial charge in [0.15, 0.2) is 0 Å². The zero-order valence-electron chi connectivity index (χ0n) is 11.4. The number of nitrogens with zero attached hydrogens (tertiary/aromatic N) is 2. The van der Waals surface area contributed by atoms with Crippen LogP contribution in [0.2, 0.25) is 0 Å². The SMILES string of the molecule is COC(=O)c1cccc2ccn(Cc3ccc(Br)cn3)c12. The second-order valence-electron chi connectivity index (χ2n) is 4.65. The fourth-order valence-electron chi connectivity index (χ4n) is 2.34.